The first-order valence-electron chi connectivity index (χ1n) is 6.28. The van der Waals surface area contributed by atoms with Gasteiger partial charge in [-0.3, -0.25) is 4.79 Å². The Balaban J connectivity index is 2.37. The topological polar surface area (TPSA) is 52.6 Å². The van der Waals surface area contributed by atoms with E-state index in [1.54, 1.807) is 19.1 Å². The highest BCUT2D eigenvalue weighted by atomic mass is 79.9. The van der Waals surface area contributed by atoms with Crippen LogP contribution in [0, 0.1) is 12.7 Å². The molecule has 0 saturated heterocycles. The first kappa shape index (κ1) is 16.2. The smallest absolute Gasteiger partial charge is 0.337 e. The van der Waals surface area contributed by atoms with Crippen molar-refractivity contribution in [3.05, 3.63) is 57.3 Å². The van der Waals surface area contributed by atoms with Crippen molar-refractivity contribution in [1.82, 2.24) is 0 Å². The van der Waals surface area contributed by atoms with Gasteiger partial charge in [0, 0.05) is 0 Å². The molecule has 0 aliphatic rings. The van der Waals surface area contributed by atoms with Crippen LogP contribution >= 0.6 is 15.9 Å². The summed E-state index contributed by atoms with van der Waals surface area (Å²) in [5, 5.41) is 0. The fourth-order valence-electron chi connectivity index (χ4n) is 1.90. The van der Waals surface area contributed by atoms with Crippen molar-refractivity contribution in [2.24, 2.45) is 0 Å². The first-order valence-corrected chi connectivity index (χ1v) is 7.07. The zero-order valence-corrected chi connectivity index (χ0v) is 13.4. The molecule has 6 heteroatoms. The number of carbonyl (C=O) groups is 2. The van der Waals surface area contributed by atoms with Crippen molar-refractivity contribution in [2.75, 3.05) is 7.11 Å². The van der Waals surface area contributed by atoms with Gasteiger partial charge in [-0.25, -0.2) is 9.18 Å². The molecular formula is C16H12BrFO4. The fraction of sp³-hybridized carbons (Fsp3) is 0.125. The van der Waals surface area contributed by atoms with Crippen LogP contribution in [0.5, 0.6) is 11.5 Å². The molecule has 0 aromatic heterocycles. The molecule has 4 nitrogen and oxygen atoms in total. The van der Waals surface area contributed by atoms with E-state index in [9.17, 15) is 14.0 Å². The minimum Gasteiger partial charge on any atom is -0.465 e. The number of esters is 1. The monoisotopic (exact) mass is 366 g/mol. The van der Waals surface area contributed by atoms with Gasteiger partial charge in [-0.1, -0.05) is 0 Å². The van der Waals surface area contributed by atoms with Crippen LogP contribution in [0.15, 0.2) is 34.8 Å². The molecular weight excluding hydrogens is 355 g/mol. The second-order valence-electron chi connectivity index (χ2n) is 4.47. The molecule has 0 atom stereocenters. The zero-order chi connectivity index (χ0) is 16.3. The molecule has 2 rings (SSSR count). The number of ether oxygens (including phenoxy) is 2. The van der Waals surface area contributed by atoms with Crippen molar-refractivity contribution in [1.29, 1.82) is 0 Å². The lowest BCUT2D eigenvalue weighted by molar-refractivity contribution is 0.0600. The number of hydrogen-bond acceptors (Lipinski definition) is 4. The number of methoxy groups -OCH3 is 1. The summed E-state index contributed by atoms with van der Waals surface area (Å²) in [6.45, 7) is 1.64. The lowest BCUT2D eigenvalue weighted by Gasteiger charge is -2.13. The molecule has 0 aliphatic carbocycles. The zero-order valence-electron chi connectivity index (χ0n) is 11.9. The van der Waals surface area contributed by atoms with Crippen LogP contribution < -0.4 is 4.74 Å². The van der Waals surface area contributed by atoms with E-state index in [1.807, 2.05) is 0 Å². The normalized spacial score (nSPS) is 10.2. The molecule has 0 fully saturated rings. The van der Waals surface area contributed by atoms with Crippen LogP contribution in [0.25, 0.3) is 0 Å². The summed E-state index contributed by atoms with van der Waals surface area (Å²) >= 11 is 3.03. The van der Waals surface area contributed by atoms with E-state index in [2.05, 4.69) is 20.7 Å². The van der Waals surface area contributed by atoms with Crippen molar-refractivity contribution >= 4 is 28.2 Å². The Morgan fingerprint density at radius 2 is 1.91 bits per heavy atom. The van der Waals surface area contributed by atoms with Gasteiger partial charge in [-0.05, 0) is 58.7 Å². The molecule has 0 unspecified atom stereocenters. The Morgan fingerprint density at radius 3 is 2.45 bits per heavy atom. The molecule has 0 heterocycles. The number of halogens is 2. The first-order chi connectivity index (χ1) is 10.5. The lowest BCUT2D eigenvalue weighted by Crippen LogP contribution is -2.01. The number of carbonyl (C=O) groups excluding carboxylic acids is 2. The van der Waals surface area contributed by atoms with Gasteiger partial charge < -0.3 is 9.47 Å². The molecule has 0 amide bonds. The van der Waals surface area contributed by atoms with Gasteiger partial charge in [0.1, 0.15) is 17.3 Å². The highest BCUT2D eigenvalue weighted by Crippen LogP contribution is 2.34. The molecule has 0 N–H and O–H groups in total. The quantitative estimate of drug-likeness (QED) is 0.598. The van der Waals surface area contributed by atoms with E-state index in [4.69, 9.17) is 4.74 Å². The third-order valence-corrected chi connectivity index (χ3v) is 3.81. The number of aryl methyl sites for hydroxylation is 1. The van der Waals surface area contributed by atoms with E-state index in [-0.39, 0.29) is 15.8 Å². The highest BCUT2D eigenvalue weighted by molar-refractivity contribution is 9.10. The Hall–Kier alpha value is -2.21. The van der Waals surface area contributed by atoms with E-state index >= 15 is 0 Å². The van der Waals surface area contributed by atoms with Crippen molar-refractivity contribution in [2.45, 2.75) is 6.92 Å². The standard InChI is InChI=1S/C16H12BrFO4/c1-9-7-13(18)14(17)12(8-19)15(9)22-11-5-3-10(4-6-11)16(20)21-2/h3-8H,1-2H3. The molecule has 0 spiro atoms. The van der Waals surface area contributed by atoms with Gasteiger partial charge in [0.05, 0.1) is 22.7 Å². The summed E-state index contributed by atoms with van der Waals surface area (Å²) in [4.78, 5) is 22.5. The number of hydrogen-bond donors (Lipinski definition) is 0. The van der Waals surface area contributed by atoms with Crippen LogP contribution in [0.3, 0.4) is 0 Å². The van der Waals surface area contributed by atoms with E-state index < -0.39 is 11.8 Å². The fourth-order valence-corrected chi connectivity index (χ4v) is 2.28. The largest absolute Gasteiger partial charge is 0.465 e. The Morgan fingerprint density at radius 1 is 1.27 bits per heavy atom. The summed E-state index contributed by atoms with van der Waals surface area (Å²) in [6, 6.07) is 7.48. The summed E-state index contributed by atoms with van der Waals surface area (Å²) in [5.41, 5.74) is 0.955. The maximum absolute atomic E-state index is 13.6. The second-order valence-corrected chi connectivity index (χ2v) is 5.26. The minimum atomic E-state index is -0.534. The lowest BCUT2D eigenvalue weighted by atomic mass is 10.1. The van der Waals surface area contributed by atoms with Crippen molar-refractivity contribution < 1.29 is 23.5 Å². The van der Waals surface area contributed by atoms with Crippen LogP contribution in [0.2, 0.25) is 0 Å². The predicted molar refractivity (Wildman–Crippen MR) is 82.1 cm³/mol. The Bertz CT molecular complexity index is 726. The summed E-state index contributed by atoms with van der Waals surface area (Å²) in [5.74, 6) is -0.319. The average molecular weight is 367 g/mol. The molecule has 114 valence electrons. The van der Waals surface area contributed by atoms with Crippen molar-refractivity contribution in [3.63, 3.8) is 0 Å². The highest BCUT2D eigenvalue weighted by Gasteiger charge is 2.16. The van der Waals surface area contributed by atoms with Gasteiger partial charge in [-0.2, -0.15) is 0 Å². The van der Waals surface area contributed by atoms with E-state index in [0.717, 1.165) is 0 Å². The summed E-state index contributed by atoms with van der Waals surface area (Å²) in [6.07, 6.45) is 0.526. The Labute approximate surface area is 135 Å². The summed E-state index contributed by atoms with van der Waals surface area (Å²) in [7, 11) is 1.29. The SMILES string of the molecule is COC(=O)c1ccc(Oc2c(C)cc(F)c(Br)c2C=O)cc1. The van der Waals surface area contributed by atoms with Gasteiger partial charge in [-0.15, -0.1) is 0 Å². The molecule has 22 heavy (non-hydrogen) atoms. The van der Waals surface area contributed by atoms with E-state index in [1.165, 1.54) is 25.3 Å². The molecule has 0 aliphatic heterocycles. The maximum Gasteiger partial charge on any atom is 0.337 e. The van der Waals surface area contributed by atoms with Crippen LogP contribution in [0.1, 0.15) is 26.3 Å². The third kappa shape index (κ3) is 3.17. The van der Waals surface area contributed by atoms with Gasteiger partial charge in [0.25, 0.3) is 0 Å². The maximum atomic E-state index is 13.6. The second kappa shape index (κ2) is 6.70. The molecule has 0 saturated carbocycles. The van der Waals surface area contributed by atoms with Crippen LogP contribution in [-0.4, -0.2) is 19.4 Å². The molecule has 0 radical (unpaired) electrons. The molecule has 2 aromatic rings. The number of aldehydes is 1. The van der Waals surface area contributed by atoms with E-state index in [0.29, 0.717) is 23.2 Å². The average Bonchev–Trinajstić information content (AvgIpc) is 2.53. The van der Waals surface area contributed by atoms with Gasteiger partial charge in [0.2, 0.25) is 0 Å². The van der Waals surface area contributed by atoms with Gasteiger partial charge in [0.15, 0.2) is 6.29 Å². The molecule has 2 aromatic carbocycles. The van der Waals surface area contributed by atoms with Crippen LogP contribution in [0.4, 0.5) is 4.39 Å². The third-order valence-electron chi connectivity index (χ3n) is 3.01. The number of rotatable bonds is 4. The molecule has 0 bridgehead atoms. The predicted octanol–water partition coefficient (Wildman–Crippen LogP) is 4.29. The van der Waals surface area contributed by atoms with Gasteiger partial charge >= 0.3 is 5.97 Å². The summed E-state index contributed by atoms with van der Waals surface area (Å²) < 4.78 is 23.9. The van der Waals surface area contributed by atoms with Crippen molar-refractivity contribution in [3.8, 4) is 11.5 Å². The Kier molecular flexibility index (Phi) is 4.92. The van der Waals surface area contributed by atoms with Crippen LogP contribution in [-0.2, 0) is 4.74 Å². The minimum absolute atomic E-state index is 0.0503. The number of benzene rings is 2.